The second-order valence-electron chi connectivity index (χ2n) is 6.92. The predicted molar refractivity (Wildman–Crippen MR) is 112 cm³/mol. The third kappa shape index (κ3) is 4.66. The zero-order chi connectivity index (χ0) is 22.5. The van der Waals surface area contributed by atoms with E-state index in [9.17, 15) is 19.7 Å². The number of allylic oxidation sites excluding steroid dienone is 2. The molecule has 1 aliphatic carbocycles. The van der Waals surface area contributed by atoms with Crippen LogP contribution in [0.2, 0.25) is 0 Å². The van der Waals surface area contributed by atoms with Gasteiger partial charge in [-0.15, -0.1) is 0 Å². The smallest absolute Gasteiger partial charge is 0.317 e. The number of nitrogens with one attached hydrogen (secondary N) is 1. The summed E-state index contributed by atoms with van der Waals surface area (Å²) >= 11 is 0. The maximum absolute atomic E-state index is 12.8. The molecule has 0 bridgehead atoms. The van der Waals surface area contributed by atoms with E-state index in [0.29, 0.717) is 17.2 Å². The van der Waals surface area contributed by atoms with E-state index in [1.54, 1.807) is 37.4 Å². The van der Waals surface area contributed by atoms with Crippen molar-refractivity contribution in [1.29, 1.82) is 0 Å². The van der Waals surface area contributed by atoms with Crippen molar-refractivity contribution in [2.45, 2.75) is 12.3 Å². The van der Waals surface area contributed by atoms with E-state index in [2.05, 4.69) is 5.32 Å². The molecule has 0 spiro atoms. The lowest BCUT2D eigenvalue weighted by atomic mass is 9.76. The molecule has 9 heteroatoms. The fraction of sp³-hybridized carbons (Fsp3) is 0.273. The van der Waals surface area contributed by atoms with Crippen LogP contribution in [0, 0.1) is 16.0 Å². The van der Waals surface area contributed by atoms with E-state index < -0.39 is 28.5 Å². The zero-order valence-corrected chi connectivity index (χ0v) is 17.3. The largest absolute Gasteiger partial charge is 0.497 e. The zero-order valence-electron chi connectivity index (χ0n) is 17.3. The maximum Gasteiger partial charge on any atom is 0.317 e. The van der Waals surface area contributed by atoms with Gasteiger partial charge >= 0.3 is 5.97 Å². The molecule has 1 aliphatic rings. The highest BCUT2D eigenvalue weighted by Crippen LogP contribution is 2.39. The Morgan fingerprint density at radius 3 is 2.29 bits per heavy atom. The van der Waals surface area contributed by atoms with E-state index in [0.717, 1.165) is 5.56 Å². The second-order valence-corrected chi connectivity index (χ2v) is 6.92. The third-order valence-electron chi connectivity index (χ3n) is 5.16. The van der Waals surface area contributed by atoms with Crippen molar-refractivity contribution in [3.05, 3.63) is 69.9 Å². The lowest BCUT2D eigenvalue weighted by Crippen LogP contribution is -2.34. The molecule has 2 unspecified atom stereocenters. The number of methoxy groups -OCH3 is 3. The Labute approximate surface area is 178 Å². The van der Waals surface area contributed by atoms with Gasteiger partial charge in [0.05, 0.1) is 32.3 Å². The molecule has 1 N–H and O–H groups in total. The summed E-state index contributed by atoms with van der Waals surface area (Å²) in [5.41, 5.74) is 1.24. The number of nitro benzene ring substituents is 1. The van der Waals surface area contributed by atoms with Crippen LogP contribution in [0.25, 0.3) is 0 Å². The summed E-state index contributed by atoms with van der Waals surface area (Å²) in [5.74, 6) is -1.59. The minimum Gasteiger partial charge on any atom is -0.497 e. The standard InChI is InChI=1S/C22H22N2O7/c1-29-15-6-4-13(5-7-15)17-10-14(11-20(25)21(17)22(26)31-3)23-18-9-8-16(30-2)12-19(18)24(27)28/h4-9,11-12,17,21,23H,10H2,1-3H3. The summed E-state index contributed by atoms with van der Waals surface area (Å²) in [5, 5.41) is 14.5. The van der Waals surface area contributed by atoms with Crippen molar-refractivity contribution in [1.82, 2.24) is 0 Å². The molecule has 2 aromatic carbocycles. The lowest BCUT2D eigenvalue weighted by Gasteiger charge is -2.29. The SMILES string of the molecule is COC(=O)C1C(=O)C=C(Nc2ccc(OC)cc2[N+](=O)[O-])CC1c1ccc(OC)cc1. The number of hydrogen-bond acceptors (Lipinski definition) is 8. The fourth-order valence-electron chi connectivity index (χ4n) is 3.60. The van der Waals surface area contributed by atoms with E-state index in [1.165, 1.54) is 32.4 Å². The van der Waals surface area contributed by atoms with E-state index in [4.69, 9.17) is 14.2 Å². The first-order valence-corrected chi connectivity index (χ1v) is 9.43. The Bertz CT molecular complexity index is 1030. The Morgan fingerprint density at radius 2 is 1.71 bits per heavy atom. The number of ether oxygens (including phenoxy) is 3. The van der Waals surface area contributed by atoms with Crippen LogP contribution in [-0.4, -0.2) is 38.0 Å². The van der Waals surface area contributed by atoms with Crippen molar-refractivity contribution < 1.29 is 28.7 Å². The van der Waals surface area contributed by atoms with Gasteiger partial charge in [-0.2, -0.15) is 0 Å². The van der Waals surface area contributed by atoms with Crippen LogP contribution >= 0.6 is 0 Å². The van der Waals surface area contributed by atoms with Gasteiger partial charge in [0.25, 0.3) is 5.69 Å². The number of rotatable bonds is 7. The third-order valence-corrected chi connectivity index (χ3v) is 5.16. The summed E-state index contributed by atoms with van der Waals surface area (Å²) in [7, 11) is 4.20. The summed E-state index contributed by atoms with van der Waals surface area (Å²) in [6.07, 6.45) is 1.58. The maximum atomic E-state index is 12.8. The monoisotopic (exact) mass is 426 g/mol. The Morgan fingerprint density at radius 1 is 1.06 bits per heavy atom. The molecular weight excluding hydrogens is 404 g/mol. The molecule has 0 fully saturated rings. The molecule has 3 rings (SSSR count). The molecule has 0 radical (unpaired) electrons. The number of anilines is 1. The van der Waals surface area contributed by atoms with Crippen LogP contribution in [-0.2, 0) is 14.3 Å². The van der Waals surface area contributed by atoms with Crippen molar-refractivity contribution in [2.75, 3.05) is 26.6 Å². The number of esters is 1. The van der Waals surface area contributed by atoms with Crippen LogP contribution in [0.4, 0.5) is 11.4 Å². The molecule has 0 amide bonds. The number of nitro groups is 1. The average molecular weight is 426 g/mol. The minimum absolute atomic E-state index is 0.191. The van der Waals surface area contributed by atoms with Crippen LogP contribution in [0.1, 0.15) is 17.9 Å². The molecule has 2 aromatic rings. The number of carbonyl (C=O) groups excluding carboxylic acids is 2. The molecule has 2 atom stereocenters. The average Bonchev–Trinajstić information content (AvgIpc) is 2.78. The number of hydrogen-bond donors (Lipinski definition) is 1. The Hall–Kier alpha value is -3.88. The van der Waals surface area contributed by atoms with Gasteiger partial charge in [0.2, 0.25) is 0 Å². The quantitative estimate of drug-likeness (QED) is 0.310. The van der Waals surface area contributed by atoms with Gasteiger partial charge < -0.3 is 19.5 Å². The first-order chi connectivity index (χ1) is 14.9. The number of nitrogens with zero attached hydrogens (tertiary/aromatic N) is 1. The molecule has 0 aromatic heterocycles. The molecule has 162 valence electrons. The molecule has 0 saturated carbocycles. The van der Waals surface area contributed by atoms with Crippen molar-refractivity contribution >= 4 is 23.1 Å². The molecule has 0 saturated heterocycles. The highest BCUT2D eigenvalue weighted by atomic mass is 16.6. The molecular formula is C22H22N2O7. The summed E-state index contributed by atoms with van der Waals surface area (Å²) in [6, 6.07) is 11.4. The molecule has 0 aliphatic heterocycles. The van der Waals surface area contributed by atoms with Crippen molar-refractivity contribution in [3.8, 4) is 11.5 Å². The number of ketones is 1. The van der Waals surface area contributed by atoms with E-state index in [-0.39, 0.29) is 17.8 Å². The first-order valence-electron chi connectivity index (χ1n) is 9.43. The fourth-order valence-corrected chi connectivity index (χ4v) is 3.60. The Balaban J connectivity index is 1.96. The first kappa shape index (κ1) is 21.8. The summed E-state index contributed by atoms with van der Waals surface area (Å²) < 4.78 is 15.1. The van der Waals surface area contributed by atoms with Crippen molar-refractivity contribution in [2.24, 2.45) is 5.92 Å². The molecule has 31 heavy (non-hydrogen) atoms. The van der Waals surface area contributed by atoms with Gasteiger partial charge in [0.1, 0.15) is 23.1 Å². The lowest BCUT2D eigenvalue weighted by molar-refractivity contribution is -0.384. The van der Waals surface area contributed by atoms with E-state index >= 15 is 0 Å². The van der Waals surface area contributed by atoms with E-state index in [1.807, 2.05) is 0 Å². The van der Waals surface area contributed by atoms with Gasteiger partial charge in [0, 0.05) is 17.7 Å². The second kappa shape index (κ2) is 9.29. The van der Waals surface area contributed by atoms with Gasteiger partial charge in [0.15, 0.2) is 5.78 Å². The Kier molecular flexibility index (Phi) is 6.54. The number of carbonyl (C=O) groups is 2. The van der Waals surface area contributed by atoms with Crippen LogP contribution < -0.4 is 14.8 Å². The van der Waals surface area contributed by atoms with Gasteiger partial charge in [-0.1, -0.05) is 12.1 Å². The van der Waals surface area contributed by atoms with Crippen molar-refractivity contribution in [3.63, 3.8) is 0 Å². The summed E-state index contributed by atoms with van der Waals surface area (Å²) in [4.78, 5) is 36.1. The van der Waals surface area contributed by atoms with Crippen LogP contribution in [0.15, 0.2) is 54.2 Å². The van der Waals surface area contributed by atoms with Gasteiger partial charge in [-0.25, -0.2) is 0 Å². The molecule has 0 heterocycles. The predicted octanol–water partition coefficient (Wildman–Crippen LogP) is 3.45. The van der Waals surface area contributed by atoms with Gasteiger partial charge in [-0.05, 0) is 36.2 Å². The highest BCUT2D eigenvalue weighted by molar-refractivity contribution is 6.07. The highest BCUT2D eigenvalue weighted by Gasteiger charge is 2.39. The van der Waals surface area contributed by atoms with Crippen LogP contribution in [0.3, 0.4) is 0 Å². The van der Waals surface area contributed by atoms with Crippen LogP contribution in [0.5, 0.6) is 11.5 Å². The molecule has 9 nitrogen and oxygen atoms in total. The van der Waals surface area contributed by atoms with Gasteiger partial charge in [-0.3, -0.25) is 19.7 Å². The minimum atomic E-state index is -1.00. The topological polar surface area (TPSA) is 117 Å². The normalized spacial score (nSPS) is 18.0. The summed E-state index contributed by atoms with van der Waals surface area (Å²) in [6.45, 7) is 0. The number of benzene rings is 2.